The van der Waals surface area contributed by atoms with Crippen LogP contribution in [0.1, 0.15) is 5.56 Å². The summed E-state index contributed by atoms with van der Waals surface area (Å²) in [6.45, 7) is 3.26. The average Bonchev–Trinajstić information content (AvgIpc) is 2.01. The van der Waals surface area contributed by atoms with E-state index in [2.05, 4.69) is 9.97 Å². The predicted molar refractivity (Wildman–Crippen MR) is 45.0 cm³/mol. The van der Waals surface area contributed by atoms with Crippen molar-refractivity contribution in [2.45, 2.75) is 13.0 Å². The van der Waals surface area contributed by atoms with Crippen LogP contribution in [0.4, 0.5) is 5.95 Å². The van der Waals surface area contributed by atoms with Gasteiger partial charge in [-0.25, -0.2) is 9.97 Å². The maximum Gasteiger partial charge on any atom is 0.225 e. The van der Waals surface area contributed by atoms with Crippen molar-refractivity contribution in [1.29, 1.82) is 0 Å². The van der Waals surface area contributed by atoms with Crippen molar-refractivity contribution in [3.63, 3.8) is 0 Å². The fourth-order valence-electron chi connectivity index (χ4n) is 1.17. The van der Waals surface area contributed by atoms with Crippen LogP contribution in [0, 0.1) is 6.92 Å². The zero-order valence-electron chi connectivity index (χ0n) is 6.94. The number of aliphatic hydroxyl groups excluding tert-OH is 1. The molecule has 0 atom stereocenters. The first-order valence-electron chi connectivity index (χ1n) is 3.97. The minimum Gasteiger partial charge on any atom is -0.389 e. The van der Waals surface area contributed by atoms with Crippen LogP contribution in [0.15, 0.2) is 12.4 Å². The van der Waals surface area contributed by atoms with Gasteiger partial charge in [0.05, 0.1) is 6.10 Å². The van der Waals surface area contributed by atoms with Crippen LogP contribution >= 0.6 is 0 Å². The molecule has 0 saturated carbocycles. The van der Waals surface area contributed by atoms with Gasteiger partial charge in [-0.1, -0.05) is 0 Å². The lowest BCUT2D eigenvalue weighted by Gasteiger charge is -2.35. The number of aryl methyl sites for hydroxylation is 1. The van der Waals surface area contributed by atoms with Gasteiger partial charge < -0.3 is 10.0 Å². The van der Waals surface area contributed by atoms with Gasteiger partial charge in [0.1, 0.15) is 0 Å². The van der Waals surface area contributed by atoms with E-state index in [1.807, 2.05) is 11.8 Å². The molecule has 1 aromatic rings. The molecule has 1 saturated heterocycles. The lowest BCUT2D eigenvalue weighted by molar-refractivity contribution is 0.140. The third kappa shape index (κ3) is 1.25. The summed E-state index contributed by atoms with van der Waals surface area (Å²) in [5.74, 6) is 0.714. The van der Waals surface area contributed by atoms with E-state index in [0.717, 1.165) is 5.56 Å². The quantitative estimate of drug-likeness (QED) is 0.634. The van der Waals surface area contributed by atoms with Crippen LogP contribution in [-0.4, -0.2) is 34.3 Å². The topological polar surface area (TPSA) is 49.2 Å². The first-order chi connectivity index (χ1) is 5.75. The number of hydrogen-bond acceptors (Lipinski definition) is 4. The molecular formula is C8H11N3O. The second-order valence-corrected chi connectivity index (χ2v) is 3.12. The van der Waals surface area contributed by atoms with Crippen LogP contribution in [0.2, 0.25) is 0 Å². The summed E-state index contributed by atoms with van der Waals surface area (Å²) in [6, 6.07) is 0. The molecule has 4 heteroatoms. The molecule has 12 heavy (non-hydrogen) atoms. The lowest BCUT2D eigenvalue weighted by atomic mass is 10.2. The first-order valence-corrected chi connectivity index (χ1v) is 3.97. The van der Waals surface area contributed by atoms with E-state index < -0.39 is 0 Å². The van der Waals surface area contributed by atoms with Gasteiger partial charge in [0.2, 0.25) is 5.95 Å². The fraction of sp³-hybridized carbons (Fsp3) is 0.500. The number of hydrogen-bond donors (Lipinski definition) is 1. The van der Waals surface area contributed by atoms with Crippen molar-refractivity contribution < 1.29 is 5.11 Å². The van der Waals surface area contributed by atoms with Crippen molar-refractivity contribution in [3.05, 3.63) is 18.0 Å². The first kappa shape index (κ1) is 7.49. The molecule has 1 aliphatic rings. The largest absolute Gasteiger partial charge is 0.389 e. The smallest absolute Gasteiger partial charge is 0.225 e. The van der Waals surface area contributed by atoms with E-state index in [1.165, 1.54) is 0 Å². The zero-order chi connectivity index (χ0) is 8.55. The molecule has 0 unspecified atom stereocenters. The summed E-state index contributed by atoms with van der Waals surface area (Å²) in [5.41, 5.74) is 1.06. The Balaban J connectivity index is 2.09. The molecule has 0 spiro atoms. The van der Waals surface area contributed by atoms with Crippen LogP contribution in [0.5, 0.6) is 0 Å². The van der Waals surface area contributed by atoms with Gasteiger partial charge in [-0.3, -0.25) is 0 Å². The van der Waals surface area contributed by atoms with Crippen LogP contribution in [-0.2, 0) is 0 Å². The Labute approximate surface area is 70.9 Å². The van der Waals surface area contributed by atoms with Crippen LogP contribution in [0.25, 0.3) is 0 Å². The highest BCUT2D eigenvalue weighted by Crippen LogP contribution is 2.14. The maximum atomic E-state index is 9.04. The molecule has 1 fully saturated rings. The molecule has 2 rings (SSSR count). The molecule has 1 aromatic heterocycles. The number of nitrogens with zero attached hydrogens (tertiary/aromatic N) is 3. The SMILES string of the molecule is Cc1cnc(N2CC(O)C2)nc1. The van der Waals surface area contributed by atoms with Gasteiger partial charge in [0.25, 0.3) is 0 Å². The van der Waals surface area contributed by atoms with E-state index >= 15 is 0 Å². The third-order valence-corrected chi connectivity index (χ3v) is 1.91. The van der Waals surface area contributed by atoms with E-state index in [0.29, 0.717) is 19.0 Å². The molecule has 1 N–H and O–H groups in total. The van der Waals surface area contributed by atoms with Gasteiger partial charge >= 0.3 is 0 Å². The highest BCUT2D eigenvalue weighted by atomic mass is 16.3. The number of anilines is 1. The Morgan fingerprint density at radius 1 is 1.42 bits per heavy atom. The van der Waals surface area contributed by atoms with Crippen molar-refractivity contribution in [2.75, 3.05) is 18.0 Å². The fourth-order valence-corrected chi connectivity index (χ4v) is 1.17. The van der Waals surface area contributed by atoms with E-state index in [-0.39, 0.29) is 6.10 Å². The molecule has 64 valence electrons. The Morgan fingerprint density at radius 2 is 2.00 bits per heavy atom. The second kappa shape index (κ2) is 2.71. The van der Waals surface area contributed by atoms with Crippen molar-refractivity contribution >= 4 is 5.95 Å². The summed E-state index contributed by atoms with van der Waals surface area (Å²) in [6.07, 6.45) is 3.37. The predicted octanol–water partition coefficient (Wildman–Crippen LogP) is -0.0341. The molecule has 0 aromatic carbocycles. The Morgan fingerprint density at radius 3 is 2.50 bits per heavy atom. The van der Waals surface area contributed by atoms with Gasteiger partial charge in [-0.2, -0.15) is 0 Å². The van der Waals surface area contributed by atoms with Gasteiger partial charge in [-0.15, -0.1) is 0 Å². The van der Waals surface area contributed by atoms with Crippen molar-refractivity contribution in [3.8, 4) is 0 Å². The Kier molecular flexibility index (Phi) is 1.69. The Bertz CT molecular complexity index is 266. The number of rotatable bonds is 1. The summed E-state index contributed by atoms with van der Waals surface area (Å²) in [5, 5.41) is 9.04. The molecule has 0 amide bonds. The van der Waals surface area contributed by atoms with Crippen molar-refractivity contribution in [1.82, 2.24) is 9.97 Å². The number of aliphatic hydroxyl groups is 1. The average molecular weight is 165 g/mol. The summed E-state index contributed by atoms with van der Waals surface area (Å²) in [4.78, 5) is 10.2. The van der Waals surface area contributed by atoms with Gasteiger partial charge in [-0.05, 0) is 12.5 Å². The third-order valence-electron chi connectivity index (χ3n) is 1.91. The monoisotopic (exact) mass is 165 g/mol. The minimum absolute atomic E-state index is 0.199. The molecule has 0 radical (unpaired) electrons. The van der Waals surface area contributed by atoms with Crippen LogP contribution < -0.4 is 4.90 Å². The minimum atomic E-state index is -0.199. The standard InChI is InChI=1S/C8H11N3O/c1-6-2-9-8(10-3-6)11-4-7(12)5-11/h2-3,7,12H,4-5H2,1H3. The van der Waals surface area contributed by atoms with Gasteiger partial charge in [0, 0.05) is 25.5 Å². The summed E-state index contributed by atoms with van der Waals surface area (Å²) < 4.78 is 0. The lowest BCUT2D eigenvalue weighted by Crippen LogP contribution is -2.51. The zero-order valence-corrected chi connectivity index (χ0v) is 6.94. The van der Waals surface area contributed by atoms with Crippen molar-refractivity contribution in [2.24, 2.45) is 0 Å². The normalized spacial score (nSPS) is 17.7. The molecule has 1 aliphatic heterocycles. The number of β-amino-alcohol motifs (C(OH)–C–C–N with tert-alkyl or cyclic N) is 1. The second-order valence-electron chi connectivity index (χ2n) is 3.12. The van der Waals surface area contributed by atoms with Gasteiger partial charge in [0.15, 0.2) is 0 Å². The van der Waals surface area contributed by atoms with Crippen LogP contribution in [0.3, 0.4) is 0 Å². The molecular weight excluding hydrogens is 154 g/mol. The Hall–Kier alpha value is -1.16. The molecule has 4 nitrogen and oxygen atoms in total. The highest BCUT2D eigenvalue weighted by molar-refractivity contribution is 5.34. The van der Waals surface area contributed by atoms with E-state index in [1.54, 1.807) is 12.4 Å². The number of aromatic nitrogens is 2. The summed E-state index contributed by atoms with van der Waals surface area (Å²) in [7, 11) is 0. The summed E-state index contributed by atoms with van der Waals surface area (Å²) >= 11 is 0. The molecule has 0 aliphatic carbocycles. The highest BCUT2D eigenvalue weighted by Gasteiger charge is 2.25. The van der Waals surface area contributed by atoms with E-state index in [9.17, 15) is 0 Å². The molecule has 2 heterocycles. The molecule has 0 bridgehead atoms. The maximum absolute atomic E-state index is 9.04. The van der Waals surface area contributed by atoms with E-state index in [4.69, 9.17) is 5.11 Å².